The third-order valence-corrected chi connectivity index (χ3v) is 3.06. The van der Waals surface area contributed by atoms with Gasteiger partial charge in [-0.1, -0.05) is 12.1 Å². The van der Waals surface area contributed by atoms with Crippen LogP contribution in [0.1, 0.15) is 25.3 Å². The predicted octanol–water partition coefficient (Wildman–Crippen LogP) is 2.57. The molecule has 0 amide bonds. The Morgan fingerprint density at radius 1 is 1.26 bits per heavy atom. The van der Waals surface area contributed by atoms with Crippen LogP contribution in [0.2, 0.25) is 0 Å². The molecule has 1 N–H and O–H groups in total. The Hall–Kier alpha value is -1.26. The molecule has 1 aliphatic rings. The van der Waals surface area contributed by atoms with E-state index >= 15 is 0 Å². The maximum atomic E-state index is 5.76. The number of benzene rings is 1. The van der Waals surface area contributed by atoms with Gasteiger partial charge in [0.15, 0.2) is 18.3 Å². The van der Waals surface area contributed by atoms with E-state index in [1.54, 1.807) is 0 Å². The number of nitrogens with one attached hydrogen (secondary N) is 1. The van der Waals surface area contributed by atoms with Gasteiger partial charge in [-0.25, -0.2) is 0 Å². The van der Waals surface area contributed by atoms with E-state index < -0.39 is 0 Å². The van der Waals surface area contributed by atoms with Gasteiger partial charge in [0, 0.05) is 12.1 Å². The van der Waals surface area contributed by atoms with Crippen LogP contribution in [0.4, 0.5) is 0 Å². The molecule has 0 radical (unpaired) electrons. The number of hydrogen-bond donors (Lipinski definition) is 1. The van der Waals surface area contributed by atoms with Crippen molar-refractivity contribution in [3.63, 3.8) is 0 Å². The van der Waals surface area contributed by atoms with E-state index in [0.29, 0.717) is 6.61 Å². The molecule has 4 nitrogen and oxygen atoms in total. The molecule has 2 rings (SSSR count). The first-order valence-corrected chi connectivity index (χ1v) is 6.95. The molecule has 1 saturated carbocycles. The lowest BCUT2D eigenvalue weighted by Gasteiger charge is -2.15. The van der Waals surface area contributed by atoms with E-state index in [1.165, 1.54) is 12.8 Å². The van der Waals surface area contributed by atoms with Crippen LogP contribution in [0.5, 0.6) is 11.5 Å². The Morgan fingerprint density at radius 3 is 2.79 bits per heavy atom. The van der Waals surface area contributed by atoms with Crippen molar-refractivity contribution in [3.8, 4) is 11.5 Å². The Kier molecular flexibility index (Phi) is 5.48. The zero-order chi connectivity index (χ0) is 13.5. The Bertz CT molecular complexity index is 367. The number of ether oxygens (including phenoxy) is 3. The topological polar surface area (TPSA) is 39.7 Å². The normalized spacial score (nSPS) is 14.4. The number of hydrogen-bond acceptors (Lipinski definition) is 4. The van der Waals surface area contributed by atoms with Crippen LogP contribution in [-0.2, 0) is 11.3 Å². The molecule has 1 aromatic rings. The summed E-state index contributed by atoms with van der Waals surface area (Å²) in [5.74, 6) is 2.32. The SMILES string of the molecule is CCOc1cccc(CNC)c1OCOCC1CC1. The molecule has 0 saturated heterocycles. The number of para-hydroxylation sites is 1. The first-order valence-electron chi connectivity index (χ1n) is 6.95. The first kappa shape index (κ1) is 14.2. The van der Waals surface area contributed by atoms with Crippen molar-refractivity contribution in [2.45, 2.75) is 26.3 Å². The van der Waals surface area contributed by atoms with E-state index in [4.69, 9.17) is 14.2 Å². The van der Waals surface area contributed by atoms with Crippen LogP contribution in [-0.4, -0.2) is 27.1 Å². The molecule has 1 fully saturated rings. The van der Waals surface area contributed by atoms with Gasteiger partial charge in [-0.3, -0.25) is 0 Å². The summed E-state index contributed by atoms with van der Waals surface area (Å²) in [6.07, 6.45) is 2.58. The maximum absolute atomic E-state index is 5.76. The lowest BCUT2D eigenvalue weighted by atomic mass is 10.2. The lowest BCUT2D eigenvalue weighted by Crippen LogP contribution is -2.11. The van der Waals surface area contributed by atoms with Crippen LogP contribution in [0.3, 0.4) is 0 Å². The van der Waals surface area contributed by atoms with Crippen molar-refractivity contribution in [2.75, 3.05) is 27.1 Å². The van der Waals surface area contributed by atoms with Gasteiger partial charge in [-0.2, -0.15) is 0 Å². The van der Waals surface area contributed by atoms with E-state index in [9.17, 15) is 0 Å². The van der Waals surface area contributed by atoms with Gasteiger partial charge in [-0.15, -0.1) is 0 Å². The molecular formula is C15H23NO3. The maximum Gasteiger partial charge on any atom is 0.189 e. The van der Waals surface area contributed by atoms with Crippen molar-refractivity contribution in [1.82, 2.24) is 5.32 Å². The Balaban J connectivity index is 1.95. The van der Waals surface area contributed by atoms with Crippen LogP contribution in [0.25, 0.3) is 0 Å². The van der Waals surface area contributed by atoms with Gasteiger partial charge >= 0.3 is 0 Å². The summed E-state index contributed by atoms with van der Waals surface area (Å²) in [4.78, 5) is 0. The number of rotatable bonds is 9. The van der Waals surface area contributed by atoms with E-state index in [2.05, 4.69) is 5.32 Å². The zero-order valence-corrected chi connectivity index (χ0v) is 11.8. The highest BCUT2D eigenvalue weighted by Gasteiger charge is 2.21. The van der Waals surface area contributed by atoms with Crippen molar-refractivity contribution < 1.29 is 14.2 Å². The van der Waals surface area contributed by atoms with Crippen molar-refractivity contribution in [2.24, 2.45) is 5.92 Å². The quantitative estimate of drug-likeness (QED) is 0.550. The van der Waals surface area contributed by atoms with Crippen LogP contribution in [0.15, 0.2) is 18.2 Å². The predicted molar refractivity (Wildman–Crippen MR) is 74.5 cm³/mol. The summed E-state index contributed by atoms with van der Waals surface area (Å²) in [6.45, 7) is 4.44. The smallest absolute Gasteiger partial charge is 0.189 e. The van der Waals surface area contributed by atoms with Crippen LogP contribution < -0.4 is 14.8 Å². The van der Waals surface area contributed by atoms with Crippen molar-refractivity contribution >= 4 is 0 Å². The highest BCUT2D eigenvalue weighted by atomic mass is 16.7. The molecular weight excluding hydrogens is 242 g/mol. The first-order chi connectivity index (χ1) is 9.35. The fourth-order valence-corrected chi connectivity index (χ4v) is 1.92. The summed E-state index contributed by atoms with van der Waals surface area (Å²) in [6, 6.07) is 5.95. The minimum absolute atomic E-state index is 0.289. The molecule has 0 atom stereocenters. The molecule has 1 aliphatic carbocycles. The van der Waals surface area contributed by atoms with E-state index in [0.717, 1.165) is 36.1 Å². The Morgan fingerprint density at radius 2 is 2.11 bits per heavy atom. The largest absolute Gasteiger partial charge is 0.490 e. The van der Waals surface area contributed by atoms with Gasteiger partial charge in [0.2, 0.25) is 0 Å². The standard InChI is InChI=1S/C15H23NO3/c1-3-18-14-6-4-5-13(9-16-2)15(14)19-11-17-10-12-7-8-12/h4-6,12,16H,3,7-11H2,1-2H3. The highest BCUT2D eigenvalue weighted by molar-refractivity contribution is 5.46. The second kappa shape index (κ2) is 7.36. The molecule has 0 bridgehead atoms. The third-order valence-electron chi connectivity index (χ3n) is 3.06. The fraction of sp³-hybridized carbons (Fsp3) is 0.600. The average Bonchev–Trinajstić information content (AvgIpc) is 3.22. The molecule has 0 aliphatic heterocycles. The summed E-state index contributed by atoms with van der Waals surface area (Å²) < 4.78 is 16.9. The molecule has 106 valence electrons. The molecule has 19 heavy (non-hydrogen) atoms. The zero-order valence-electron chi connectivity index (χ0n) is 11.8. The summed E-state index contributed by atoms with van der Waals surface area (Å²) in [7, 11) is 1.92. The van der Waals surface area contributed by atoms with Gasteiger partial charge in [0.05, 0.1) is 13.2 Å². The van der Waals surface area contributed by atoms with Gasteiger partial charge in [0.25, 0.3) is 0 Å². The molecule has 0 heterocycles. The van der Waals surface area contributed by atoms with E-state index in [-0.39, 0.29) is 6.79 Å². The average molecular weight is 265 g/mol. The minimum Gasteiger partial charge on any atom is -0.490 e. The Labute approximate surface area is 115 Å². The molecule has 0 unspecified atom stereocenters. The van der Waals surface area contributed by atoms with Gasteiger partial charge < -0.3 is 19.5 Å². The molecule has 0 spiro atoms. The lowest BCUT2D eigenvalue weighted by molar-refractivity contribution is 0.00782. The molecule has 0 aromatic heterocycles. The van der Waals surface area contributed by atoms with Crippen molar-refractivity contribution in [3.05, 3.63) is 23.8 Å². The van der Waals surface area contributed by atoms with Gasteiger partial charge in [0.1, 0.15) is 0 Å². The van der Waals surface area contributed by atoms with E-state index in [1.807, 2.05) is 32.2 Å². The van der Waals surface area contributed by atoms with Crippen molar-refractivity contribution in [1.29, 1.82) is 0 Å². The van der Waals surface area contributed by atoms with Crippen LogP contribution >= 0.6 is 0 Å². The summed E-state index contributed by atoms with van der Waals surface area (Å²) >= 11 is 0. The summed E-state index contributed by atoms with van der Waals surface area (Å²) in [5.41, 5.74) is 1.09. The summed E-state index contributed by atoms with van der Waals surface area (Å²) in [5, 5.41) is 3.14. The monoisotopic (exact) mass is 265 g/mol. The van der Waals surface area contributed by atoms with Gasteiger partial charge in [-0.05, 0) is 38.8 Å². The third kappa shape index (κ3) is 4.40. The minimum atomic E-state index is 0.289. The van der Waals surface area contributed by atoms with Crippen LogP contribution in [0, 0.1) is 5.92 Å². The highest BCUT2D eigenvalue weighted by Crippen LogP contribution is 2.32. The second-order valence-corrected chi connectivity index (χ2v) is 4.78. The molecule has 4 heteroatoms. The molecule has 1 aromatic carbocycles. The second-order valence-electron chi connectivity index (χ2n) is 4.78. The fourth-order valence-electron chi connectivity index (χ4n) is 1.92.